The number of pyridine rings is 1. The summed E-state index contributed by atoms with van der Waals surface area (Å²) in [5.74, 6) is -0.0705. The van der Waals surface area contributed by atoms with Gasteiger partial charge >= 0.3 is 5.97 Å². The van der Waals surface area contributed by atoms with Crippen LogP contribution < -0.4 is 5.32 Å². The number of esters is 1. The number of H-pyrrole nitrogens is 2. The maximum Gasteiger partial charge on any atom is 0.328 e. The lowest BCUT2D eigenvalue weighted by atomic mass is 9.91. The largest absolute Gasteiger partial charge is 0.467 e. The van der Waals surface area contributed by atoms with Gasteiger partial charge in [0.1, 0.15) is 11.9 Å². The number of benzene rings is 1. The van der Waals surface area contributed by atoms with Crippen molar-refractivity contribution < 1.29 is 14.3 Å². The van der Waals surface area contributed by atoms with Gasteiger partial charge in [-0.15, -0.1) is 0 Å². The smallest absolute Gasteiger partial charge is 0.328 e. The second-order valence-corrected chi connectivity index (χ2v) is 9.25. The van der Waals surface area contributed by atoms with Crippen molar-refractivity contribution in [1.82, 2.24) is 35.1 Å². The van der Waals surface area contributed by atoms with Crippen molar-refractivity contribution in [3.8, 4) is 0 Å². The molecular formula is C27H31N7O3. The Morgan fingerprint density at radius 2 is 2.16 bits per heavy atom. The molecule has 0 radical (unpaired) electrons. The third-order valence-corrected chi connectivity index (χ3v) is 6.92. The van der Waals surface area contributed by atoms with Gasteiger partial charge in [-0.3, -0.25) is 14.7 Å². The molecule has 1 unspecified atom stereocenters. The van der Waals surface area contributed by atoms with E-state index in [0.717, 1.165) is 37.1 Å². The topological polar surface area (TPSA) is 129 Å². The summed E-state index contributed by atoms with van der Waals surface area (Å²) < 4.78 is 4.87. The van der Waals surface area contributed by atoms with Gasteiger partial charge in [-0.05, 0) is 55.6 Å². The van der Waals surface area contributed by atoms with Crippen LogP contribution in [0.4, 0.5) is 0 Å². The van der Waals surface area contributed by atoms with Gasteiger partial charge in [-0.2, -0.15) is 0 Å². The summed E-state index contributed by atoms with van der Waals surface area (Å²) in [5.41, 5.74) is 5.11. The summed E-state index contributed by atoms with van der Waals surface area (Å²) in [4.78, 5) is 47.5. The maximum atomic E-state index is 13.0. The van der Waals surface area contributed by atoms with E-state index in [-0.39, 0.29) is 18.4 Å². The fourth-order valence-corrected chi connectivity index (χ4v) is 5.04. The molecule has 0 bridgehead atoms. The van der Waals surface area contributed by atoms with Gasteiger partial charge in [-0.1, -0.05) is 13.0 Å². The molecule has 3 heterocycles. The summed E-state index contributed by atoms with van der Waals surface area (Å²) in [6, 6.07) is 8.90. The Bertz CT molecular complexity index is 1380. The number of rotatable bonds is 9. The number of ether oxygens (including phenoxy) is 1. The second-order valence-electron chi connectivity index (χ2n) is 9.25. The van der Waals surface area contributed by atoms with Crippen molar-refractivity contribution in [2.75, 3.05) is 13.7 Å². The number of hydrogen-bond donors (Lipinski definition) is 3. The zero-order chi connectivity index (χ0) is 25.8. The summed E-state index contributed by atoms with van der Waals surface area (Å²) in [5, 5.41) is 2.77. The van der Waals surface area contributed by atoms with Crippen LogP contribution in [0.15, 0.2) is 49.1 Å². The second kappa shape index (κ2) is 10.9. The van der Waals surface area contributed by atoms with Crippen molar-refractivity contribution in [2.24, 2.45) is 0 Å². The van der Waals surface area contributed by atoms with E-state index in [9.17, 15) is 9.59 Å². The molecule has 0 saturated carbocycles. The lowest BCUT2D eigenvalue weighted by Crippen LogP contribution is -2.43. The van der Waals surface area contributed by atoms with Crippen LogP contribution in [0.5, 0.6) is 0 Å². The molecule has 2 atom stereocenters. The van der Waals surface area contributed by atoms with Gasteiger partial charge in [0.15, 0.2) is 0 Å². The van der Waals surface area contributed by atoms with Crippen LogP contribution in [0.25, 0.3) is 11.0 Å². The SMILES string of the molecule is CCN(Cc1nc2cc(C(=O)N[C@@H](Cc3c[nH]cn3)C(=O)OC)ccc2[nH]1)C1CCCc2cccnc21. The van der Waals surface area contributed by atoms with Crippen molar-refractivity contribution in [2.45, 2.75) is 51.2 Å². The molecule has 5 rings (SSSR count). The first kappa shape index (κ1) is 24.6. The van der Waals surface area contributed by atoms with Gasteiger partial charge in [-0.25, -0.2) is 14.8 Å². The molecule has 0 fully saturated rings. The quantitative estimate of drug-likeness (QED) is 0.301. The first-order valence-corrected chi connectivity index (χ1v) is 12.6. The predicted molar refractivity (Wildman–Crippen MR) is 138 cm³/mol. The fourth-order valence-electron chi connectivity index (χ4n) is 5.04. The van der Waals surface area contributed by atoms with Crippen LogP contribution in [0.2, 0.25) is 0 Å². The van der Waals surface area contributed by atoms with Crippen molar-refractivity contribution in [3.63, 3.8) is 0 Å². The van der Waals surface area contributed by atoms with Crippen LogP contribution in [-0.4, -0.2) is 61.4 Å². The number of nitrogens with zero attached hydrogens (tertiary/aromatic N) is 4. The average molecular weight is 502 g/mol. The lowest BCUT2D eigenvalue weighted by Gasteiger charge is -2.33. The minimum absolute atomic E-state index is 0.225. The Hall–Kier alpha value is -4.05. The molecular weight excluding hydrogens is 470 g/mol. The Morgan fingerprint density at radius 3 is 2.95 bits per heavy atom. The molecule has 1 amide bonds. The van der Waals surface area contributed by atoms with E-state index in [1.165, 1.54) is 24.7 Å². The zero-order valence-corrected chi connectivity index (χ0v) is 21.0. The highest BCUT2D eigenvalue weighted by Gasteiger charge is 2.27. The number of carbonyl (C=O) groups excluding carboxylic acids is 2. The monoisotopic (exact) mass is 501 g/mol. The zero-order valence-electron chi connectivity index (χ0n) is 21.0. The van der Waals surface area contributed by atoms with E-state index in [4.69, 9.17) is 14.7 Å². The van der Waals surface area contributed by atoms with E-state index < -0.39 is 12.0 Å². The average Bonchev–Trinajstić information content (AvgIpc) is 3.59. The lowest BCUT2D eigenvalue weighted by molar-refractivity contribution is -0.142. The number of fused-ring (bicyclic) bond motifs is 2. The summed E-state index contributed by atoms with van der Waals surface area (Å²) in [7, 11) is 1.30. The third kappa shape index (κ3) is 5.39. The molecule has 1 aliphatic rings. The highest BCUT2D eigenvalue weighted by atomic mass is 16.5. The number of carbonyl (C=O) groups is 2. The van der Waals surface area contributed by atoms with Gasteiger partial charge in [0, 0.05) is 24.4 Å². The number of methoxy groups -OCH3 is 1. The molecule has 1 aliphatic carbocycles. The number of aromatic amines is 2. The first-order chi connectivity index (χ1) is 18.1. The highest BCUT2D eigenvalue weighted by molar-refractivity contribution is 5.99. The van der Waals surface area contributed by atoms with Crippen molar-refractivity contribution in [3.05, 3.63) is 77.4 Å². The fraction of sp³-hybridized carbons (Fsp3) is 0.370. The first-order valence-electron chi connectivity index (χ1n) is 12.6. The minimum Gasteiger partial charge on any atom is -0.467 e. The Morgan fingerprint density at radius 1 is 1.27 bits per heavy atom. The molecule has 37 heavy (non-hydrogen) atoms. The van der Waals surface area contributed by atoms with Crippen LogP contribution in [0, 0.1) is 0 Å². The maximum absolute atomic E-state index is 13.0. The molecule has 192 valence electrons. The molecule has 10 heteroatoms. The number of amides is 1. The molecule has 1 aromatic carbocycles. The molecule has 3 N–H and O–H groups in total. The standard InChI is InChI=1S/C27H31N7O3/c1-3-34(23-8-4-6-17-7-5-11-29-25(17)23)15-24-31-20-10-9-18(12-21(20)32-24)26(35)33-22(27(36)37-2)13-19-14-28-16-30-19/h5,7,9-12,14,16,22-23H,3-4,6,8,13,15H2,1-2H3,(H,28,30)(H,31,32)(H,33,35)/t22-,23?/m0/s1. The number of aryl methyl sites for hydroxylation is 1. The Balaban J connectivity index is 1.32. The molecule has 4 aromatic rings. The van der Waals surface area contributed by atoms with Crippen molar-refractivity contribution >= 4 is 22.9 Å². The predicted octanol–water partition coefficient (Wildman–Crippen LogP) is 3.09. The van der Waals surface area contributed by atoms with E-state index in [1.807, 2.05) is 18.3 Å². The Labute approximate surface area is 214 Å². The molecule has 0 aliphatic heterocycles. The third-order valence-electron chi connectivity index (χ3n) is 6.92. The summed E-state index contributed by atoms with van der Waals surface area (Å²) in [6.07, 6.45) is 8.60. The van der Waals surface area contributed by atoms with E-state index in [0.29, 0.717) is 23.3 Å². The van der Waals surface area contributed by atoms with Crippen molar-refractivity contribution in [1.29, 1.82) is 0 Å². The minimum atomic E-state index is -0.851. The summed E-state index contributed by atoms with van der Waals surface area (Å²) >= 11 is 0. The van der Waals surface area contributed by atoms with E-state index >= 15 is 0 Å². The number of hydrogen-bond acceptors (Lipinski definition) is 7. The molecule has 0 spiro atoms. The Kier molecular flexibility index (Phi) is 7.27. The van der Waals surface area contributed by atoms with E-state index in [2.05, 4.69) is 38.2 Å². The number of nitrogens with one attached hydrogen (secondary N) is 3. The summed E-state index contributed by atoms with van der Waals surface area (Å²) in [6.45, 7) is 3.68. The van der Waals surface area contributed by atoms with Gasteiger partial charge < -0.3 is 20.0 Å². The van der Waals surface area contributed by atoms with Gasteiger partial charge in [0.2, 0.25) is 0 Å². The van der Waals surface area contributed by atoms with Gasteiger partial charge in [0.05, 0.1) is 48.4 Å². The molecule has 10 nitrogen and oxygen atoms in total. The number of aromatic nitrogens is 5. The van der Waals surface area contributed by atoms with Crippen LogP contribution >= 0.6 is 0 Å². The highest BCUT2D eigenvalue weighted by Crippen LogP contribution is 2.33. The molecule has 3 aromatic heterocycles. The van der Waals surface area contributed by atoms with Crippen LogP contribution in [0.3, 0.4) is 0 Å². The molecule has 0 saturated heterocycles. The van der Waals surface area contributed by atoms with E-state index in [1.54, 1.807) is 18.3 Å². The number of imidazole rings is 2. The van der Waals surface area contributed by atoms with Gasteiger partial charge in [0.25, 0.3) is 5.91 Å². The normalized spacial score (nSPS) is 15.9. The van der Waals surface area contributed by atoms with Crippen LogP contribution in [-0.2, 0) is 28.9 Å². The van der Waals surface area contributed by atoms with Crippen LogP contribution in [0.1, 0.15) is 58.9 Å².